The van der Waals surface area contributed by atoms with Gasteiger partial charge in [-0.1, -0.05) is 18.2 Å². The summed E-state index contributed by atoms with van der Waals surface area (Å²) in [5, 5.41) is 14.1. The first-order chi connectivity index (χ1) is 9.81. The minimum atomic E-state index is 0.130. The predicted octanol–water partition coefficient (Wildman–Crippen LogP) is 2.78. The zero-order valence-corrected chi connectivity index (χ0v) is 12.4. The lowest BCUT2D eigenvalue weighted by molar-refractivity contribution is 0.124. The lowest BCUT2D eigenvalue weighted by atomic mass is 9.84. The van der Waals surface area contributed by atoms with Crippen molar-refractivity contribution in [1.82, 2.24) is 5.32 Å². The van der Waals surface area contributed by atoms with Crippen LogP contribution in [0.2, 0.25) is 0 Å². The largest absolute Gasteiger partial charge is 0.396 e. The highest BCUT2D eigenvalue weighted by Gasteiger charge is 2.33. The Labute approximate surface area is 123 Å². The molecule has 0 bridgehead atoms. The van der Waals surface area contributed by atoms with E-state index in [1.165, 1.54) is 15.0 Å². The van der Waals surface area contributed by atoms with Crippen molar-refractivity contribution < 1.29 is 9.84 Å². The van der Waals surface area contributed by atoms with Gasteiger partial charge in [-0.05, 0) is 30.4 Å². The van der Waals surface area contributed by atoms with Crippen molar-refractivity contribution in [2.45, 2.75) is 19.4 Å². The third kappa shape index (κ3) is 3.04. The standard InChI is InChI=1S/C16H21NO2S/c18-7-5-16(6-8-19-12-16)11-17-10-14-9-13-3-1-2-4-15(13)20-14/h1-4,9,17-18H,5-8,10-12H2. The summed E-state index contributed by atoms with van der Waals surface area (Å²) in [5.41, 5.74) is 0.130. The highest BCUT2D eigenvalue weighted by molar-refractivity contribution is 7.19. The number of hydrogen-bond acceptors (Lipinski definition) is 4. The molecule has 0 spiro atoms. The highest BCUT2D eigenvalue weighted by Crippen LogP contribution is 2.32. The van der Waals surface area contributed by atoms with Gasteiger partial charge in [-0.2, -0.15) is 0 Å². The fraction of sp³-hybridized carbons (Fsp3) is 0.500. The molecule has 1 aliphatic heterocycles. The van der Waals surface area contributed by atoms with Crippen LogP contribution in [0.3, 0.4) is 0 Å². The van der Waals surface area contributed by atoms with Crippen LogP contribution in [-0.2, 0) is 11.3 Å². The minimum Gasteiger partial charge on any atom is -0.396 e. The van der Waals surface area contributed by atoms with Crippen molar-refractivity contribution in [2.75, 3.05) is 26.4 Å². The monoisotopic (exact) mass is 291 g/mol. The van der Waals surface area contributed by atoms with E-state index in [1.807, 2.05) is 11.3 Å². The number of fused-ring (bicyclic) bond motifs is 1. The average Bonchev–Trinajstić information content (AvgIpc) is 3.06. The highest BCUT2D eigenvalue weighted by atomic mass is 32.1. The van der Waals surface area contributed by atoms with E-state index in [1.54, 1.807) is 0 Å². The Morgan fingerprint density at radius 3 is 3.00 bits per heavy atom. The minimum absolute atomic E-state index is 0.130. The van der Waals surface area contributed by atoms with Crippen molar-refractivity contribution >= 4 is 21.4 Å². The molecule has 0 saturated carbocycles. The summed E-state index contributed by atoms with van der Waals surface area (Å²) in [6.45, 7) is 3.65. The molecule has 1 atom stereocenters. The van der Waals surface area contributed by atoms with Crippen LogP contribution in [0.1, 0.15) is 17.7 Å². The molecule has 1 saturated heterocycles. The van der Waals surface area contributed by atoms with Crippen LogP contribution in [0.15, 0.2) is 30.3 Å². The Bertz CT molecular complexity index is 527. The molecular formula is C16H21NO2S. The van der Waals surface area contributed by atoms with E-state index in [0.717, 1.165) is 39.1 Å². The van der Waals surface area contributed by atoms with Gasteiger partial charge in [0.2, 0.25) is 0 Å². The number of rotatable bonds is 6. The van der Waals surface area contributed by atoms with Gasteiger partial charge < -0.3 is 15.2 Å². The van der Waals surface area contributed by atoms with Crippen LogP contribution < -0.4 is 5.32 Å². The van der Waals surface area contributed by atoms with Crippen molar-refractivity contribution in [1.29, 1.82) is 0 Å². The molecule has 2 aromatic rings. The van der Waals surface area contributed by atoms with Crippen LogP contribution in [0.4, 0.5) is 0 Å². The molecule has 1 aliphatic rings. The quantitative estimate of drug-likeness (QED) is 0.860. The molecule has 3 rings (SSSR count). The zero-order chi connectivity index (χ0) is 13.8. The summed E-state index contributed by atoms with van der Waals surface area (Å²) in [6.07, 6.45) is 1.87. The van der Waals surface area contributed by atoms with Crippen molar-refractivity contribution in [2.24, 2.45) is 5.41 Å². The van der Waals surface area contributed by atoms with Crippen LogP contribution in [-0.4, -0.2) is 31.5 Å². The number of ether oxygens (including phenoxy) is 1. The first kappa shape index (κ1) is 14.0. The van der Waals surface area contributed by atoms with Gasteiger partial charge in [0.1, 0.15) is 0 Å². The van der Waals surface area contributed by atoms with E-state index < -0.39 is 0 Å². The summed E-state index contributed by atoms with van der Waals surface area (Å²) in [6, 6.07) is 10.8. The maximum atomic E-state index is 9.22. The summed E-state index contributed by atoms with van der Waals surface area (Å²) in [4.78, 5) is 1.37. The molecule has 1 aromatic carbocycles. The number of hydrogen-bond donors (Lipinski definition) is 2. The van der Waals surface area contributed by atoms with Gasteiger partial charge in [-0.25, -0.2) is 0 Å². The van der Waals surface area contributed by atoms with E-state index in [2.05, 4.69) is 35.6 Å². The predicted molar refractivity (Wildman–Crippen MR) is 83.1 cm³/mol. The van der Waals surface area contributed by atoms with E-state index >= 15 is 0 Å². The van der Waals surface area contributed by atoms with E-state index in [4.69, 9.17) is 4.74 Å². The van der Waals surface area contributed by atoms with Crippen LogP contribution >= 0.6 is 11.3 Å². The Hall–Kier alpha value is -0.940. The summed E-state index contributed by atoms with van der Waals surface area (Å²) < 4.78 is 6.86. The first-order valence-electron chi connectivity index (χ1n) is 7.18. The molecule has 2 N–H and O–H groups in total. The maximum Gasteiger partial charge on any atom is 0.0536 e. The van der Waals surface area contributed by atoms with Gasteiger partial charge in [0.15, 0.2) is 0 Å². The number of aliphatic hydroxyl groups excluding tert-OH is 1. The smallest absolute Gasteiger partial charge is 0.0536 e. The lowest BCUT2D eigenvalue weighted by Gasteiger charge is -2.26. The molecule has 0 radical (unpaired) electrons. The van der Waals surface area contributed by atoms with Gasteiger partial charge in [0, 0.05) is 41.3 Å². The third-order valence-electron chi connectivity index (χ3n) is 4.10. The summed E-state index contributed by atoms with van der Waals surface area (Å²) in [7, 11) is 0. The average molecular weight is 291 g/mol. The molecule has 3 nitrogen and oxygen atoms in total. The molecular weight excluding hydrogens is 270 g/mol. The van der Waals surface area contributed by atoms with Gasteiger partial charge in [0.25, 0.3) is 0 Å². The Balaban J connectivity index is 1.58. The van der Waals surface area contributed by atoms with E-state index in [9.17, 15) is 5.11 Å². The number of aliphatic hydroxyl groups is 1. The summed E-state index contributed by atoms with van der Waals surface area (Å²) >= 11 is 1.85. The molecule has 0 amide bonds. The SMILES string of the molecule is OCCC1(CNCc2cc3ccccc3s2)CCOC1. The van der Waals surface area contributed by atoms with Gasteiger partial charge in [0.05, 0.1) is 6.61 Å². The van der Waals surface area contributed by atoms with Crippen molar-refractivity contribution in [3.8, 4) is 0 Å². The second kappa shape index (κ2) is 6.22. The van der Waals surface area contributed by atoms with Crippen LogP contribution in [0.5, 0.6) is 0 Å². The second-order valence-corrected chi connectivity index (χ2v) is 6.80. The van der Waals surface area contributed by atoms with Crippen molar-refractivity contribution in [3.05, 3.63) is 35.2 Å². The molecule has 1 aromatic heterocycles. The molecule has 0 aliphatic carbocycles. The normalized spacial score (nSPS) is 22.6. The van der Waals surface area contributed by atoms with E-state index in [0.29, 0.717) is 0 Å². The number of thiophene rings is 1. The Morgan fingerprint density at radius 1 is 1.35 bits per heavy atom. The van der Waals surface area contributed by atoms with E-state index in [-0.39, 0.29) is 12.0 Å². The molecule has 2 heterocycles. The maximum absolute atomic E-state index is 9.22. The lowest BCUT2D eigenvalue weighted by Crippen LogP contribution is -2.35. The number of benzene rings is 1. The zero-order valence-electron chi connectivity index (χ0n) is 11.6. The topological polar surface area (TPSA) is 41.5 Å². The fourth-order valence-corrected chi connectivity index (χ4v) is 3.92. The second-order valence-electron chi connectivity index (χ2n) is 5.63. The van der Waals surface area contributed by atoms with Gasteiger partial charge >= 0.3 is 0 Å². The molecule has 20 heavy (non-hydrogen) atoms. The van der Waals surface area contributed by atoms with Crippen LogP contribution in [0, 0.1) is 5.41 Å². The van der Waals surface area contributed by atoms with Crippen LogP contribution in [0.25, 0.3) is 10.1 Å². The molecule has 1 fully saturated rings. The van der Waals surface area contributed by atoms with Gasteiger partial charge in [-0.15, -0.1) is 11.3 Å². The van der Waals surface area contributed by atoms with Crippen molar-refractivity contribution in [3.63, 3.8) is 0 Å². The molecule has 1 unspecified atom stereocenters. The Kier molecular flexibility index (Phi) is 4.36. The third-order valence-corrected chi connectivity index (χ3v) is 5.22. The van der Waals surface area contributed by atoms with Gasteiger partial charge in [-0.3, -0.25) is 0 Å². The summed E-state index contributed by atoms with van der Waals surface area (Å²) in [5.74, 6) is 0. The fourth-order valence-electron chi connectivity index (χ4n) is 2.89. The number of nitrogens with one attached hydrogen (secondary N) is 1. The molecule has 108 valence electrons. The Morgan fingerprint density at radius 2 is 2.25 bits per heavy atom. The first-order valence-corrected chi connectivity index (χ1v) is 8.00. The molecule has 4 heteroatoms.